The van der Waals surface area contributed by atoms with Crippen molar-refractivity contribution >= 4 is 0 Å². The number of nitrogens with one attached hydrogen (secondary N) is 1. The molecule has 5 nitrogen and oxygen atoms in total. The summed E-state index contributed by atoms with van der Waals surface area (Å²) in [6, 6.07) is 5.96. The van der Waals surface area contributed by atoms with E-state index in [2.05, 4.69) is 18.3 Å². The van der Waals surface area contributed by atoms with Gasteiger partial charge in [0.25, 0.3) is 0 Å². The second kappa shape index (κ2) is 4.57. The fourth-order valence-electron chi connectivity index (χ4n) is 4.46. The lowest BCUT2D eigenvalue weighted by Gasteiger charge is -2.43. The molecule has 0 spiro atoms. The Kier molecular flexibility index (Phi) is 2.66. The van der Waals surface area contributed by atoms with Gasteiger partial charge in [-0.3, -0.25) is 0 Å². The molecule has 2 aromatic carbocycles. The summed E-state index contributed by atoms with van der Waals surface area (Å²) in [5.41, 5.74) is 5.17. The Hall–Kier alpha value is -2.40. The van der Waals surface area contributed by atoms with E-state index < -0.39 is 0 Å². The van der Waals surface area contributed by atoms with E-state index >= 15 is 0 Å². The van der Waals surface area contributed by atoms with Crippen LogP contribution in [0, 0.1) is 0 Å². The molecule has 0 radical (unpaired) electrons. The first-order valence-corrected chi connectivity index (χ1v) is 8.22. The van der Waals surface area contributed by atoms with E-state index in [0.717, 1.165) is 47.6 Å². The summed E-state index contributed by atoms with van der Waals surface area (Å²) in [5.74, 6) is 2.15. The molecule has 124 valence electrons. The number of phenolic OH excluding ortho intramolecular Hbond substituents is 1. The van der Waals surface area contributed by atoms with Crippen molar-refractivity contribution in [3.63, 3.8) is 0 Å². The second-order valence-corrected chi connectivity index (χ2v) is 6.86. The largest absolute Gasteiger partial charge is 0.504 e. The first-order valence-electron chi connectivity index (χ1n) is 8.22. The van der Waals surface area contributed by atoms with E-state index in [-0.39, 0.29) is 18.1 Å². The van der Waals surface area contributed by atoms with Crippen LogP contribution in [-0.2, 0) is 18.4 Å². The van der Waals surface area contributed by atoms with Crippen molar-refractivity contribution in [3.8, 4) is 34.1 Å². The molecule has 2 N–H and O–H groups in total. The van der Waals surface area contributed by atoms with E-state index in [4.69, 9.17) is 14.2 Å². The van der Waals surface area contributed by atoms with Crippen LogP contribution in [0.1, 0.15) is 23.6 Å². The third-order valence-corrected chi connectivity index (χ3v) is 5.45. The quantitative estimate of drug-likeness (QED) is 0.844. The summed E-state index contributed by atoms with van der Waals surface area (Å²) < 4.78 is 16.8. The van der Waals surface area contributed by atoms with Gasteiger partial charge in [0.1, 0.15) is 0 Å². The lowest BCUT2D eigenvalue weighted by molar-refractivity contribution is 0.174. The van der Waals surface area contributed by atoms with Gasteiger partial charge in [-0.2, -0.15) is 0 Å². The zero-order chi connectivity index (χ0) is 16.5. The molecule has 24 heavy (non-hydrogen) atoms. The summed E-state index contributed by atoms with van der Waals surface area (Å²) in [7, 11) is 1.57. The Morgan fingerprint density at radius 3 is 2.92 bits per heavy atom. The maximum Gasteiger partial charge on any atom is 0.231 e. The third-order valence-electron chi connectivity index (χ3n) is 5.45. The van der Waals surface area contributed by atoms with Crippen molar-refractivity contribution in [1.82, 2.24) is 5.32 Å². The highest BCUT2D eigenvalue weighted by molar-refractivity contribution is 5.89. The van der Waals surface area contributed by atoms with Crippen molar-refractivity contribution in [1.29, 1.82) is 0 Å². The molecule has 0 amide bonds. The lowest BCUT2D eigenvalue weighted by Crippen LogP contribution is -2.48. The van der Waals surface area contributed by atoms with E-state index in [9.17, 15) is 5.11 Å². The van der Waals surface area contributed by atoms with Crippen LogP contribution in [-0.4, -0.2) is 25.6 Å². The summed E-state index contributed by atoms with van der Waals surface area (Å²) in [6.45, 7) is 3.37. The number of fused-ring (bicyclic) bond motifs is 4. The Morgan fingerprint density at radius 2 is 2.08 bits per heavy atom. The van der Waals surface area contributed by atoms with Crippen LogP contribution < -0.4 is 19.5 Å². The Labute approximate surface area is 140 Å². The van der Waals surface area contributed by atoms with Gasteiger partial charge in [0.2, 0.25) is 6.79 Å². The average Bonchev–Trinajstić information content (AvgIpc) is 3.02. The predicted octanol–water partition coefficient (Wildman–Crippen LogP) is 2.71. The molecular weight excluding hydrogens is 306 g/mol. The molecule has 5 heteroatoms. The standard InChI is InChI=1S/C19H19NO4/c1-19-8-11-3-4-12(22-2)17(21)14(11)15-16(19)10(5-6-20-19)7-13-18(15)24-9-23-13/h3-4,7,20-21H,5-6,8-9H2,1-2H3/t19-/m1/s1. The minimum atomic E-state index is -0.169. The summed E-state index contributed by atoms with van der Waals surface area (Å²) in [4.78, 5) is 0. The Bertz CT molecular complexity index is 876. The third kappa shape index (κ3) is 1.62. The number of hydrogen-bond donors (Lipinski definition) is 2. The first-order chi connectivity index (χ1) is 11.6. The van der Waals surface area contributed by atoms with Crippen molar-refractivity contribution in [3.05, 3.63) is 34.9 Å². The molecule has 0 saturated heterocycles. The highest BCUT2D eigenvalue weighted by Gasteiger charge is 2.43. The molecule has 3 aliphatic rings. The number of phenols is 1. The zero-order valence-electron chi connectivity index (χ0n) is 13.7. The minimum absolute atomic E-state index is 0.169. The smallest absolute Gasteiger partial charge is 0.231 e. The van der Waals surface area contributed by atoms with Gasteiger partial charge in [0, 0.05) is 23.2 Å². The van der Waals surface area contributed by atoms with Gasteiger partial charge in [-0.25, -0.2) is 0 Å². The maximum absolute atomic E-state index is 10.8. The summed E-state index contributed by atoms with van der Waals surface area (Å²) >= 11 is 0. The number of methoxy groups -OCH3 is 1. The van der Waals surface area contributed by atoms with Crippen molar-refractivity contribution in [2.45, 2.75) is 25.3 Å². The van der Waals surface area contributed by atoms with E-state index in [0.29, 0.717) is 5.75 Å². The fraction of sp³-hybridized carbons (Fsp3) is 0.368. The minimum Gasteiger partial charge on any atom is -0.504 e. The molecule has 0 bridgehead atoms. The van der Waals surface area contributed by atoms with Crippen LogP contribution >= 0.6 is 0 Å². The van der Waals surface area contributed by atoms with Crippen LogP contribution in [0.3, 0.4) is 0 Å². The summed E-state index contributed by atoms with van der Waals surface area (Å²) in [6.07, 6.45) is 1.76. The lowest BCUT2D eigenvalue weighted by atomic mass is 9.69. The van der Waals surface area contributed by atoms with Gasteiger partial charge in [0.05, 0.1) is 7.11 Å². The maximum atomic E-state index is 10.8. The molecule has 1 atom stereocenters. The molecule has 0 fully saturated rings. The van der Waals surface area contributed by atoms with Crippen LogP contribution in [0.2, 0.25) is 0 Å². The van der Waals surface area contributed by atoms with Crippen LogP contribution in [0.15, 0.2) is 18.2 Å². The average molecular weight is 325 g/mol. The van der Waals surface area contributed by atoms with E-state index in [1.54, 1.807) is 7.11 Å². The Morgan fingerprint density at radius 1 is 1.21 bits per heavy atom. The number of benzene rings is 2. The second-order valence-electron chi connectivity index (χ2n) is 6.86. The van der Waals surface area contributed by atoms with E-state index in [1.807, 2.05) is 12.1 Å². The topological polar surface area (TPSA) is 60.0 Å². The van der Waals surface area contributed by atoms with Crippen LogP contribution in [0.4, 0.5) is 0 Å². The molecule has 5 rings (SSSR count). The highest BCUT2D eigenvalue weighted by Crippen LogP contribution is 2.57. The highest BCUT2D eigenvalue weighted by atomic mass is 16.7. The SMILES string of the molecule is COc1ccc2c(c1O)-c1c3c(cc4c1[C@@](C)(C2)NCC4)OCO3. The number of rotatable bonds is 1. The van der Waals surface area contributed by atoms with Crippen molar-refractivity contribution in [2.24, 2.45) is 0 Å². The molecule has 2 aliphatic heterocycles. The molecule has 1 aliphatic carbocycles. The molecule has 0 aromatic heterocycles. The number of ether oxygens (including phenoxy) is 3. The van der Waals surface area contributed by atoms with E-state index in [1.165, 1.54) is 11.1 Å². The van der Waals surface area contributed by atoms with Crippen LogP contribution in [0.25, 0.3) is 11.1 Å². The van der Waals surface area contributed by atoms with Crippen molar-refractivity contribution < 1.29 is 19.3 Å². The Balaban J connectivity index is 1.92. The molecule has 2 heterocycles. The van der Waals surface area contributed by atoms with Gasteiger partial charge in [-0.05, 0) is 48.6 Å². The van der Waals surface area contributed by atoms with Gasteiger partial charge < -0.3 is 24.6 Å². The predicted molar refractivity (Wildman–Crippen MR) is 89.0 cm³/mol. The van der Waals surface area contributed by atoms with Crippen molar-refractivity contribution in [2.75, 3.05) is 20.4 Å². The zero-order valence-corrected chi connectivity index (χ0v) is 13.7. The van der Waals surface area contributed by atoms with Gasteiger partial charge in [0.15, 0.2) is 23.0 Å². The monoisotopic (exact) mass is 325 g/mol. The number of aromatic hydroxyl groups is 1. The first kappa shape index (κ1) is 14.0. The van der Waals surface area contributed by atoms with Gasteiger partial charge in [-0.15, -0.1) is 0 Å². The van der Waals surface area contributed by atoms with Crippen LogP contribution in [0.5, 0.6) is 23.0 Å². The summed E-state index contributed by atoms with van der Waals surface area (Å²) in [5, 5.41) is 14.5. The van der Waals surface area contributed by atoms with Gasteiger partial charge in [-0.1, -0.05) is 6.07 Å². The molecular formula is C19H19NO4. The number of hydrogen-bond acceptors (Lipinski definition) is 5. The fourth-order valence-corrected chi connectivity index (χ4v) is 4.46. The molecule has 0 unspecified atom stereocenters. The van der Waals surface area contributed by atoms with Gasteiger partial charge >= 0.3 is 0 Å². The molecule has 2 aromatic rings. The normalized spacial score (nSPS) is 22.8. The molecule has 0 saturated carbocycles.